The first-order valence-corrected chi connectivity index (χ1v) is 10.8. The molecule has 0 N–H and O–H groups in total. The van der Waals surface area contributed by atoms with Crippen molar-refractivity contribution in [2.75, 3.05) is 0 Å². The van der Waals surface area contributed by atoms with Crippen molar-refractivity contribution in [3.05, 3.63) is 146 Å². The second-order valence-electron chi connectivity index (χ2n) is 6.03. The first-order chi connectivity index (χ1) is 14.8. The SMILES string of the molecule is C.CCC.CCC.c1ccccc1.c1ccccc1.c1ccccc1.c1ccccc1. The van der Waals surface area contributed by atoms with Gasteiger partial charge in [-0.05, 0) is 0 Å². The molecule has 0 radical (unpaired) electrons. The standard InChI is InChI=1S/4C6H6.2C3H8.CH4/c4*1-2-4-6-5-3-1;2*1-3-2;/h4*1-6H;2*3H2,1-2H3;1H4. The summed E-state index contributed by atoms with van der Waals surface area (Å²) in [7, 11) is 0. The topological polar surface area (TPSA) is 0 Å². The zero-order chi connectivity index (χ0) is 22.4. The molecule has 0 amide bonds. The number of rotatable bonds is 0. The maximum Gasteiger partial charge on any atom is -0.0590 e. The summed E-state index contributed by atoms with van der Waals surface area (Å²) in [6, 6.07) is 48.0. The molecule has 0 aliphatic heterocycles. The molecule has 0 heteroatoms. The molecule has 0 aliphatic rings. The minimum Gasteiger partial charge on any atom is -0.0776 e. The summed E-state index contributed by atoms with van der Waals surface area (Å²) in [5, 5.41) is 0. The third kappa shape index (κ3) is 38.2. The van der Waals surface area contributed by atoms with Crippen molar-refractivity contribution >= 4 is 0 Å². The summed E-state index contributed by atoms with van der Waals surface area (Å²) in [5.41, 5.74) is 0. The Morgan fingerprint density at radius 3 is 0.290 bits per heavy atom. The summed E-state index contributed by atoms with van der Waals surface area (Å²) < 4.78 is 0. The van der Waals surface area contributed by atoms with Crippen LogP contribution in [0.25, 0.3) is 0 Å². The van der Waals surface area contributed by atoms with Crippen LogP contribution in [0.3, 0.4) is 0 Å². The summed E-state index contributed by atoms with van der Waals surface area (Å²) in [6.45, 7) is 8.50. The molecular formula is C31H44. The maximum absolute atomic E-state index is 2.12. The van der Waals surface area contributed by atoms with Gasteiger partial charge in [0.2, 0.25) is 0 Å². The monoisotopic (exact) mass is 416 g/mol. The smallest absolute Gasteiger partial charge is 0.0590 e. The predicted molar refractivity (Wildman–Crippen MR) is 144 cm³/mol. The molecule has 0 bridgehead atoms. The van der Waals surface area contributed by atoms with Gasteiger partial charge < -0.3 is 0 Å². The molecule has 4 rings (SSSR count). The highest BCUT2D eigenvalue weighted by atomic mass is 13.7. The Morgan fingerprint density at radius 2 is 0.258 bits per heavy atom. The number of hydrogen-bond donors (Lipinski definition) is 0. The van der Waals surface area contributed by atoms with Crippen molar-refractivity contribution in [3.8, 4) is 0 Å². The van der Waals surface area contributed by atoms with Crippen LogP contribution in [0.5, 0.6) is 0 Å². The van der Waals surface area contributed by atoms with E-state index in [0.717, 1.165) is 0 Å². The van der Waals surface area contributed by atoms with E-state index in [9.17, 15) is 0 Å². The molecular weight excluding hydrogens is 372 g/mol. The molecule has 0 aliphatic carbocycles. The second kappa shape index (κ2) is 34.4. The molecule has 0 nitrogen and oxygen atoms in total. The van der Waals surface area contributed by atoms with Gasteiger partial charge in [-0.25, -0.2) is 0 Å². The van der Waals surface area contributed by atoms with Crippen molar-refractivity contribution in [1.29, 1.82) is 0 Å². The normalized spacial score (nSPS) is 7.35. The quantitative estimate of drug-likeness (QED) is 0.267. The third-order valence-electron chi connectivity index (χ3n) is 2.67. The van der Waals surface area contributed by atoms with Crippen LogP contribution in [0.1, 0.15) is 48.0 Å². The lowest BCUT2D eigenvalue weighted by atomic mass is 10.4. The zero-order valence-corrected chi connectivity index (χ0v) is 19.3. The molecule has 0 saturated carbocycles. The maximum atomic E-state index is 2.12. The van der Waals surface area contributed by atoms with Crippen LogP contribution in [-0.4, -0.2) is 0 Å². The Kier molecular flexibility index (Phi) is 36.1. The average molecular weight is 417 g/mol. The van der Waals surface area contributed by atoms with Crippen LogP contribution in [-0.2, 0) is 0 Å². The lowest BCUT2D eigenvalue weighted by Crippen LogP contribution is -1.47. The minimum absolute atomic E-state index is 0. The summed E-state index contributed by atoms with van der Waals surface area (Å²) in [6.07, 6.45) is 2.50. The minimum atomic E-state index is 0. The number of benzene rings is 4. The third-order valence-corrected chi connectivity index (χ3v) is 2.67. The summed E-state index contributed by atoms with van der Waals surface area (Å²) >= 11 is 0. The van der Waals surface area contributed by atoms with E-state index in [4.69, 9.17) is 0 Å². The van der Waals surface area contributed by atoms with E-state index >= 15 is 0 Å². The Morgan fingerprint density at radius 1 is 0.226 bits per heavy atom. The van der Waals surface area contributed by atoms with E-state index in [1.165, 1.54) is 12.8 Å². The van der Waals surface area contributed by atoms with E-state index in [-0.39, 0.29) is 7.43 Å². The van der Waals surface area contributed by atoms with Gasteiger partial charge in [-0.1, -0.05) is 194 Å². The molecule has 0 unspecified atom stereocenters. The first-order valence-electron chi connectivity index (χ1n) is 10.8. The summed E-state index contributed by atoms with van der Waals surface area (Å²) in [5.74, 6) is 0. The highest BCUT2D eigenvalue weighted by molar-refractivity contribution is 5.00. The van der Waals surface area contributed by atoms with Crippen molar-refractivity contribution in [1.82, 2.24) is 0 Å². The van der Waals surface area contributed by atoms with Crippen LogP contribution in [0.4, 0.5) is 0 Å². The van der Waals surface area contributed by atoms with E-state index < -0.39 is 0 Å². The zero-order valence-electron chi connectivity index (χ0n) is 19.3. The fourth-order valence-corrected chi connectivity index (χ4v) is 1.54. The molecule has 4 aromatic rings. The van der Waals surface area contributed by atoms with Crippen molar-refractivity contribution in [2.45, 2.75) is 48.0 Å². The molecule has 0 saturated heterocycles. The highest BCUT2D eigenvalue weighted by Gasteiger charge is 1.59. The van der Waals surface area contributed by atoms with Crippen LogP contribution in [0, 0.1) is 0 Å². The molecule has 4 aromatic carbocycles. The van der Waals surface area contributed by atoms with Gasteiger partial charge in [0.25, 0.3) is 0 Å². The van der Waals surface area contributed by atoms with Crippen LogP contribution >= 0.6 is 0 Å². The highest BCUT2D eigenvalue weighted by Crippen LogP contribution is 1.81. The first kappa shape index (κ1) is 32.5. The summed E-state index contributed by atoms with van der Waals surface area (Å²) in [4.78, 5) is 0. The molecule has 0 fully saturated rings. The van der Waals surface area contributed by atoms with E-state index in [0.29, 0.717) is 0 Å². The van der Waals surface area contributed by atoms with Gasteiger partial charge in [-0.2, -0.15) is 0 Å². The fraction of sp³-hybridized carbons (Fsp3) is 0.226. The van der Waals surface area contributed by atoms with Gasteiger partial charge in [-0.3, -0.25) is 0 Å². The molecule has 0 atom stereocenters. The van der Waals surface area contributed by atoms with Crippen LogP contribution < -0.4 is 0 Å². The van der Waals surface area contributed by atoms with Crippen LogP contribution in [0.2, 0.25) is 0 Å². The van der Waals surface area contributed by atoms with Crippen molar-refractivity contribution < 1.29 is 0 Å². The Balaban J connectivity index is -0.000000309. The second-order valence-corrected chi connectivity index (χ2v) is 6.03. The van der Waals surface area contributed by atoms with Gasteiger partial charge >= 0.3 is 0 Å². The molecule has 0 aromatic heterocycles. The van der Waals surface area contributed by atoms with Gasteiger partial charge in [0.05, 0.1) is 0 Å². The number of hydrogen-bond acceptors (Lipinski definition) is 0. The Labute approximate surface area is 193 Å². The van der Waals surface area contributed by atoms with Gasteiger partial charge in [0.1, 0.15) is 0 Å². The lowest BCUT2D eigenvalue weighted by Gasteiger charge is -1.69. The molecule has 168 valence electrons. The van der Waals surface area contributed by atoms with Gasteiger partial charge in [0, 0.05) is 0 Å². The Bertz CT molecular complexity index is 442. The molecule has 0 heterocycles. The van der Waals surface area contributed by atoms with Crippen molar-refractivity contribution in [3.63, 3.8) is 0 Å². The molecule has 0 spiro atoms. The van der Waals surface area contributed by atoms with Crippen molar-refractivity contribution in [2.24, 2.45) is 0 Å². The van der Waals surface area contributed by atoms with Gasteiger partial charge in [-0.15, -0.1) is 0 Å². The predicted octanol–water partition coefficient (Wildman–Crippen LogP) is 10.2. The van der Waals surface area contributed by atoms with Gasteiger partial charge in [0.15, 0.2) is 0 Å². The van der Waals surface area contributed by atoms with E-state index in [1.807, 2.05) is 146 Å². The largest absolute Gasteiger partial charge is 0.0776 e. The van der Waals surface area contributed by atoms with E-state index in [2.05, 4.69) is 27.7 Å². The fourth-order valence-electron chi connectivity index (χ4n) is 1.54. The lowest BCUT2D eigenvalue weighted by molar-refractivity contribution is 1.09. The van der Waals surface area contributed by atoms with E-state index in [1.54, 1.807) is 0 Å². The Hall–Kier alpha value is -3.12. The van der Waals surface area contributed by atoms with Crippen LogP contribution in [0.15, 0.2) is 146 Å². The molecule has 31 heavy (non-hydrogen) atoms. The average Bonchev–Trinajstić information content (AvgIpc) is 2.86.